The fraction of sp³-hybridized carbons (Fsp3) is 0.148. The molecule has 0 aliphatic heterocycles. The van der Waals surface area contributed by atoms with Crippen LogP contribution >= 0.6 is 0 Å². The molecule has 45 heavy (non-hydrogen) atoms. The van der Waals surface area contributed by atoms with E-state index in [1.165, 1.54) is 29.2 Å². The van der Waals surface area contributed by atoms with E-state index >= 15 is 0 Å². The normalized spacial score (nSPS) is 11.5. The third kappa shape index (κ3) is 9.77. The van der Waals surface area contributed by atoms with Crippen LogP contribution in [0.4, 0.5) is 23.0 Å². The van der Waals surface area contributed by atoms with E-state index in [1.807, 2.05) is 0 Å². The Morgan fingerprint density at radius 2 is 1.49 bits per heavy atom. The molecule has 0 bridgehead atoms. The van der Waals surface area contributed by atoms with Gasteiger partial charge in [0, 0.05) is 29.9 Å². The minimum atomic E-state index is -5.29. The summed E-state index contributed by atoms with van der Waals surface area (Å²) in [5.41, 5.74) is 6.00. The first kappa shape index (κ1) is 38.7. The first-order chi connectivity index (χ1) is 20.4. The van der Waals surface area contributed by atoms with E-state index in [0.717, 1.165) is 24.5 Å². The number of aromatic nitrogens is 3. The number of hydrogen-bond donors (Lipinski definition) is 4. The summed E-state index contributed by atoms with van der Waals surface area (Å²) in [5, 5.41) is 21.9. The second-order valence-electron chi connectivity index (χ2n) is 8.94. The monoisotopic (exact) mass is 672 g/mol. The Labute approximate surface area is 304 Å². The zero-order valence-corrected chi connectivity index (χ0v) is 30.0. The van der Waals surface area contributed by atoms with Gasteiger partial charge in [-0.3, -0.25) is 0 Å². The topological polar surface area (TPSA) is 235 Å². The molecule has 226 valence electrons. The maximum absolute atomic E-state index is 12.7. The predicted octanol–water partition coefficient (Wildman–Crippen LogP) is -4.36. The molecule has 0 saturated carbocycles. The average molecular weight is 673 g/mol. The number of nitrogen functional groups attached to an aromatic ring is 1. The van der Waals surface area contributed by atoms with Gasteiger partial charge in [0.2, 0.25) is 5.95 Å². The largest absolute Gasteiger partial charge is 1.00 e. The fourth-order valence-corrected chi connectivity index (χ4v) is 5.73. The minimum absolute atomic E-state index is 0. The molecular formula is C27H26N6Na2O8S2. The van der Waals surface area contributed by atoms with Gasteiger partial charge >= 0.3 is 59.1 Å². The third-order valence-electron chi connectivity index (χ3n) is 6.10. The van der Waals surface area contributed by atoms with Crippen LogP contribution < -0.4 is 75.1 Å². The summed E-state index contributed by atoms with van der Waals surface area (Å²) < 4.78 is 73.5. The fourth-order valence-electron chi connectivity index (χ4n) is 4.23. The van der Waals surface area contributed by atoms with Gasteiger partial charge in [-0.05, 0) is 29.8 Å². The first-order valence-electron chi connectivity index (χ1n) is 12.6. The van der Waals surface area contributed by atoms with Gasteiger partial charge in [-0.2, -0.15) is 4.98 Å². The molecule has 0 amide bonds. The van der Waals surface area contributed by atoms with Gasteiger partial charge in [-0.1, -0.05) is 48.6 Å². The SMILES string of the molecule is Nc1c(Nc2ccccc2)cc(-c2ncnc(N(CCO)CCO)n2)c(C=Cc2ccccc2S(=O)(=O)[O-])c1S(=O)(=O)[O-].[Na+].[Na+]. The number of aliphatic hydroxyl groups excluding tert-OH is 2. The predicted molar refractivity (Wildman–Crippen MR) is 157 cm³/mol. The summed E-state index contributed by atoms with van der Waals surface area (Å²) >= 11 is 0. The van der Waals surface area contributed by atoms with Gasteiger partial charge < -0.3 is 35.3 Å². The maximum Gasteiger partial charge on any atom is 1.00 e. The standard InChI is InChI=1S/C27H28N6O8S2.2Na/c28-24-22(31-19-7-2-1-3-8-19)16-21(26-29-17-30-27(32-26)33(12-14-34)13-15-35)20(25(24)43(39,40)41)11-10-18-6-4-5-9-23(18)42(36,37)38;;/h1-11,16-17,31,34-35H,12-15,28H2,(H,36,37,38)(H,39,40,41);;/q;2*+1/p-2. The summed E-state index contributed by atoms with van der Waals surface area (Å²) in [4.78, 5) is 12.7. The summed E-state index contributed by atoms with van der Waals surface area (Å²) in [6.45, 7) is -0.467. The van der Waals surface area contributed by atoms with E-state index in [1.54, 1.807) is 30.3 Å². The zero-order valence-electron chi connectivity index (χ0n) is 24.4. The molecule has 0 atom stereocenters. The van der Waals surface area contributed by atoms with Crippen molar-refractivity contribution >= 4 is 55.4 Å². The zero-order chi connectivity index (χ0) is 31.2. The molecule has 0 fully saturated rings. The van der Waals surface area contributed by atoms with Crippen LogP contribution in [-0.4, -0.2) is 77.4 Å². The Bertz CT molecular complexity index is 1860. The van der Waals surface area contributed by atoms with E-state index < -0.39 is 35.7 Å². The molecule has 14 nitrogen and oxygen atoms in total. The molecule has 4 aromatic rings. The van der Waals surface area contributed by atoms with E-state index in [9.17, 15) is 36.2 Å². The molecule has 0 spiro atoms. The number of aliphatic hydroxyl groups is 2. The first-order valence-corrected chi connectivity index (χ1v) is 15.4. The molecule has 1 heterocycles. The molecule has 0 aliphatic carbocycles. The summed E-state index contributed by atoms with van der Waals surface area (Å²) in [6, 6.07) is 15.2. The van der Waals surface area contributed by atoms with Crippen molar-refractivity contribution < 1.29 is 95.3 Å². The van der Waals surface area contributed by atoms with Crippen molar-refractivity contribution in [2.24, 2.45) is 0 Å². The molecule has 0 saturated heterocycles. The Morgan fingerprint density at radius 3 is 2.09 bits per heavy atom. The van der Waals surface area contributed by atoms with E-state index in [4.69, 9.17) is 5.73 Å². The molecule has 4 rings (SSSR count). The second-order valence-corrected chi connectivity index (χ2v) is 11.6. The number of nitrogens with one attached hydrogen (secondary N) is 1. The molecule has 1 aromatic heterocycles. The van der Waals surface area contributed by atoms with Crippen LogP contribution in [0, 0.1) is 0 Å². The van der Waals surface area contributed by atoms with Crippen LogP contribution in [0.15, 0.2) is 76.8 Å². The van der Waals surface area contributed by atoms with Crippen molar-refractivity contribution in [1.82, 2.24) is 15.0 Å². The van der Waals surface area contributed by atoms with E-state index in [2.05, 4.69) is 20.3 Å². The van der Waals surface area contributed by atoms with Crippen molar-refractivity contribution in [3.8, 4) is 11.4 Å². The van der Waals surface area contributed by atoms with Crippen LogP contribution in [0.1, 0.15) is 11.1 Å². The van der Waals surface area contributed by atoms with E-state index in [0.29, 0.717) is 5.69 Å². The molecule has 18 heteroatoms. The van der Waals surface area contributed by atoms with Crippen molar-refractivity contribution in [1.29, 1.82) is 0 Å². The molecular weight excluding hydrogens is 646 g/mol. The Hall–Kier alpha value is -2.45. The van der Waals surface area contributed by atoms with Crippen LogP contribution in [0.3, 0.4) is 0 Å². The van der Waals surface area contributed by atoms with Gasteiger partial charge in [0.25, 0.3) is 0 Å². The van der Waals surface area contributed by atoms with Gasteiger partial charge in [0.05, 0.1) is 34.4 Å². The molecule has 0 aliphatic rings. The number of hydrogen-bond acceptors (Lipinski definition) is 14. The smallest absolute Gasteiger partial charge is 0.744 e. The van der Waals surface area contributed by atoms with Crippen molar-refractivity contribution in [3.05, 3.63) is 78.1 Å². The second kappa shape index (κ2) is 16.9. The van der Waals surface area contributed by atoms with Crippen LogP contribution in [-0.2, 0) is 20.2 Å². The maximum atomic E-state index is 12.7. The van der Waals surface area contributed by atoms with Crippen molar-refractivity contribution in [3.63, 3.8) is 0 Å². The van der Waals surface area contributed by atoms with Crippen LogP contribution in [0.25, 0.3) is 23.5 Å². The minimum Gasteiger partial charge on any atom is -0.744 e. The van der Waals surface area contributed by atoms with Crippen molar-refractivity contribution in [2.45, 2.75) is 9.79 Å². The molecule has 3 aromatic carbocycles. The Balaban J connectivity index is 0.00000353. The van der Waals surface area contributed by atoms with Crippen LogP contribution in [0.2, 0.25) is 0 Å². The summed E-state index contributed by atoms with van der Waals surface area (Å²) in [7, 11) is -10.2. The van der Waals surface area contributed by atoms with E-state index in [-0.39, 0.29) is 120 Å². The van der Waals surface area contributed by atoms with Gasteiger partial charge in [-0.25, -0.2) is 26.8 Å². The number of anilines is 4. The molecule has 0 unspecified atom stereocenters. The molecule has 5 N–H and O–H groups in total. The summed E-state index contributed by atoms with van der Waals surface area (Å²) in [5.74, 6) is -0.0805. The van der Waals surface area contributed by atoms with Gasteiger partial charge in [-0.15, -0.1) is 0 Å². The number of rotatable bonds is 12. The number of nitrogens with zero attached hydrogens (tertiary/aromatic N) is 4. The summed E-state index contributed by atoms with van der Waals surface area (Å²) in [6.07, 6.45) is 3.42. The number of nitrogens with two attached hydrogens (primary N) is 1. The Kier molecular flexibility index (Phi) is 14.6. The number of benzene rings is 3. The average Bonchev–Trinajstić information content (AvgIpc) is 2.96. The third-order valence-corrected chi connectivity index (χ3v) is 7.95. The van der Waals surface area contributed by atoms with Gasteiger partial charge in [0.15, 0.2) is 5.82 Å². The Morgan fingerprint density at radius 1 is 0.867 bits per heavy atom. The van der Waals surface area contributed by atoms with Crippen LogP contribution in [0.5, 0.6) is 0 Å². The van der Waals surface area contributed by atoms with Gasteiger partial charge in [0.1, 0.15) is 26.6 Å². The van der Waals surface area contributed by atoms with Crippen molar-refractivity contribution in [2.75, 3.05) is 42.3 Å². The number of para-hydroxylation sites is 1. The quantitative estimate of drug-likeness (QED) is 0.0482. The molecule has 0 radical (unpaired) electrons.